The first kappa shape index (κ1) is 12.1. The largest absolute Gasteiger partial charge is 0.464 e. The molecule has 1 unspecified atom stereocenters. The van der Waals surface area contributed by atoms with Crippen molar-refractivity contribution in [3.05, 3.63) is 34.3 Å². The Morgan fingerprint density at radius 2 is 2.06 bits per heavy atom. The Hall–Kier alpha value is -1.36. The maximum atomic E-state index is 11.9. The minimum absolute atomic E-state index is 0.244. The van der Waals surface area contributed by atoms with Crippen molar-refractivity contribution in [1.29, 1.82) is 0 Å². The van der Waals surface area contributed by atoms with Gasteiger partial charge in [0, 0.05) is 17.8 Å². The first-order chi connectivity index (χ1) is 8.04. The second-order valence-corrected chi connectivity index (χ2v) is 4.90. The van der Waals surface area contributed by atoms with E-state index in [-0.39, 0.29) is 5.91 Å². The van der Waals surface area contributed by atoms with E-state index in [0.29, 0.717) is 13.0 Å². The lowest BCUT2D eigenvalue weighted by molar-refractivity contribution is -0.145. The van der Waals surface area contributed by atoms with E-state index in [2.05, 4.69) is 21.2 Å². The molecule has 0 radical (unpaired) electrons. The first-order valence-electron chi connectivity index (χ1n) is 5.26. The third kappa shape index (κ3) is 2.20. The third-order valence-corrected chi connectivity index (χ3v) is 3.31. The maximum absolute atomic E-state index is 11.9. The van der Waals surface area contributed by atoms with Crippen molar-refractivity contribution in [3.8, 4) is 0 Å². The summed E-state index contributed by atoms with van der Waals surface area (Å²) in [4.78, 5) is 23.1. The Bertz CT molecular complexity index is 457. The van der Waals surface area contributed by atoms with Gasteiger partial charge in [-0.05, 0) is 17.7 Å². The van der Waals surface area contributed by atoms with Crippen LogP contribution in [0, 0.1) is 0 Å². The van der Waals surface area contributed by atoms with Crippen LogP contribution in [0.15, 0.2) is 28.7 Å². The quantitative estimate of drug-likeness (QED) is 0.846. The summed E-state index contributed by atoms with van der Waals surface area (Å²) in [5.74, 6) is -0.637. The number of hydrogen-bond donors (Lipinski definition) is 1. The first-order valence-corrected chi connectivity index (χ1v) is 6.06. The molecule has 1 aromatic carbocycles. The van der Waals surface area contributed by atoms with E-state index in [1.807, 2.05) is 24.3 Å². The molecule has 1 saturated heterocycles. The lowest BCUT2D eigenvalue weighted by Crippen LogP contribution is -2.48. The molecular weight excluding hydrogens is 286 g/mol. The predicted octanol–water partition coefficient (Wildman–Crippen LogP) is 1.73. The summed E-state index contributed by atoms with van der Waals surface area (Å²) < 4.78 is 5.91. The Morgan fingerprint density at radius 3 is 2.53 bits per heavy atom. The van der Waals surface area contributed by atoms with Gasteiger partial charge in [0.15, 0.2) is 5.54 Å². The highest BCUT2D eigenvalue weighted by atomic mass is 79.9. The van der Waals surface area contributed by atoms with Crippen molar-refractivity contribution in [2.24, 2.45) is 0 Å². The van der Waals surface area contributed by atoms with Gasteiger partial charge in [0.25, 0.3) is 0 Å². The zero-order valence-electron chi connectivity index (χ0n) is 9.33. The van der Waals surface area contributed by atoms with Crippen LogP contribution in [0.25, 0.3) is 0 Å². The lowest BCUT2D eigenvalue weighted by Gasteiger charge is -2.26. The molecule has 0 spiro atoms. The molecule has 5 heteroatoms. The van der Waals surface area contributed by atoms with E-state index in [4.69, 9.17) is 4.74 Å². The van der Waals surface area contributed by atoms with E-state index < -0.39 is 11.5 Å². The lowest BCUT2D eigenvalue weighted by atomic mass is 9.88. The molecule has 1 amide bonds. The van der Waals surface area contributed by atoms with Crippen LogP contribution in [-0.4, -0.2) is 18.5 Å². The highest BCUT2D eigenvalue weighted by Crippen LogP contribution is 2.32. The van der Waals surface area contributed by atoms with Crippen LogP contribution >= 0.6 is 15.9 Å². The van der Waals surface area contributed by atoms with E-state index in [9.17, 15) is 9.59 Å². The average molecular weight is 298 g/mol. The van der Waals surface area contributed by atoms with Crippen LogP contribution in [0.3, 0.4) is 0 Å². The molecule has 0 bridgehead atoms. The van der Waals surface area contributed by atoms with Gasteiger partial charge < -0.3 is 10.1 Å². The van der Waals surface area contributed by atoms with Crippen LogP contribution in [-0.2, 0) is 19.9 Å². The minimum atomic E-state index is -1.02. The normalized spacial score (nSPS) is 23.3. The molecule has 1 atom stereocenters. The molecule has 17 heavy (non-hydrogen) atoms. The molecule has 2 rings (SSSR count). The fraction of sp³-hybridized carbons (Fsp3) is 0.333. The van der Waals surface area contributed by atoms with Gasteiger partial charge in [-0.2, -0.15) is 0 Å². The van der Waals surface area contributed by atoms with Crippen LogP contribution in [0.4, 0.5) is 0 Å². The van der Waals surface area contributed by atoms with Gasteiger partial charge in [0.2, 0.25) is 5.91 Å². The minimum Gasteiger partial charge on any atom is -0.464 e. The van der Waals surface area contributed by atoms with Gasteiger partial charge in [0.05, 0.1) is 6.61 Å². The SMILES string of the molecule is CC(=O)NC1(c2ccc(Br)cc2)CCOC1=O. The summed E-state index contributed by atoms with van der Waals surface area (Å²) in [5, 5.41) is 2.71. The molecule has 0 saturated carbocycles. The molecule has 1 aromatic rings. The van der Waals surface area contributed by atoms with Gasteiger partial charge in [-0.3, -0.25) is 4.79 Å². The zero-order valence-corrected chi connectivity index (χ0v) is 10.9. The predicted molar refractivity (Wildman–Crippen MR) is 65.2 cm³/mol. The van der Waals surface area contributed by atoms with Gasteiger partial charge >= 0.3 is 5.97 Å². The van der Waals surface area contributed by atoms with Gasteiger partial charge in [-0.1, -0.05) is 28.1 Å². The van der Waals surface area contributed by atoms with E-state index in [1.165, 1.54) is 6.92 Å². The molecule has 1 fully saturated rings. The number of benzene rings is 1. The van der Waals surface area contributed by atoms with Crippen LogP contribution in [0.2, 0.25) is 0 Å². The average Bonchev–Trinajstić information content (AvgIpc) is 2.61. The van der Waals surface area contributed by atoms with Crippen molar-refractivity contribution < 1.29 is 14.3 Å². The fourth-order valence-corrected chi connectivity index (χ4v) is 2.27. The number of cyclic esters (lactones) is 1. The summed E-state index contributed by atoms with van der Waals surface area (Å²) >= 11 is 3.33. The molecule has 1 N–H and O–H groups in total. The molecule has 90 valence electrons. The summed E-state index contributed by atoms with van der Waals surface area (Å²) in [5.41, 5.74) is -0.273. The Balaban J connectivity index is 2.43. The number of carbonyl (C=O) groups excluding carboxylic acids is 2. The van der Waals surface area contributed by atoms with E-state index in [0.717, 1.165) is 10.0 Å². The topological polar surface area (TPSA) is 55.4 Å². The molecule has 0 aliphatic carbocycles. The highest BCUT2D eigenvalue weighted by Gasteiger charge is 2.46. The Kier molecular flexibility index (Phi) is 3.19. The highest BCUT2D eigenvalue weighted by molar-refractivity contribution is 9.10. The number of halogens is 1. The molecule has 4 nitrogen and oxygen atoms in total. The van der Waals surface area contributed by atoms with Crippen LogP contribution < -0.4 is 5.32 Å². The molecular formula is C12H12BrNO3. The molecule has 0 aromatic heterocycles. The maximum Gasteiger partial charge on any atom is 0.336 e. The number of carbonyl (C=O) groups is 2. The van der Waals surface area contributed by atoms with Crippen molar-refractivity contribution in [3.63, 3.8) is 0 Å². The van der Waals surface area contributed by atoms with Crippen molar-refractivity contribution in [2.45, 2.75) is 18.9 Å². The summed E-state index contributed by atoms with van der Waals surface area (Å²) in [6.07, 6.45) is 0.465. The van der Waals surface area contributed by atoms with Crippen molar-refractivity contribution in [2.75, 3.05) is 6.61 Å². The standard InChI is InChI=1S/C12H12BrNO3/c1-8(15)14-12(6-7-17-11(12)16)9-2-4-10(13)5-3-9/h2-5H,6-7H2,1H3,(H,14,15). The van der Waals surface area contributed by atoms with Gasteiger partial charge in [-0.15, -0.1) is 0 Å². The molecule has 1 aliphatic rings. The number of rotatable bonds is 2. The van der Waals surface area contributed by atoms with Crippen LogP contribution in [0.1, 0.15) is 18.9 Å². The number of ether oxygens (including phenoxy) is 1. The molecule has 1 heterocycles. The van der Waals surface area contributed by atoms with Crippen molar-refractivity contribution >= 4 is 27.8 Å². The monoisotopic (exact) mass is 297 g/mol. The third-order valence-electron chi connectivity index (χ3n) is 2.79. The summed E-state index contributed by atoms with van der Waals surface area (Å²) in [6.45, 7) is 1.72. The number of nitrogens with one attached hydrogen (secondary N) is 1. The Labute approximate surface area is 107 Å². The fourth-order valence-electron chi connectivity index (χ4n) is 2.00. The second kappa shape index (κ2) is 4.49. The zero-order chi connectivity index (χ0) is 12.5. The van der Waals surface area contributed by atoms with Crippen molar-refractivity contribution in [1.82, 2.24) is 5.32 Å². The summed E-state index contributed by atoms with van der Waals surface area (Å²) in [7, 11) is 0. The second-order valence-electron chi connectivity index (χ2n) is 3.98. The summed E-state index contributed by atoms with van der Waals surface area (Å²) in [6, 6.07) is 7.30. The van der Waals surface area contributed by atoms with Crippen LogP contribution in [0.5, 0.6) is 0 Å². The molecule has 1 aliphatic heterocycles. The van der Waals surface area contributed by atoms with E-state index in [1.54, 1.807) is 0 Å². The Morgan fingerprint density at radius 1 is 1.41 bits per heavy atom. The van der Waals surface area contributed by atoms with E-state index >= 15 is 0 Å². The van der Waals surface area contributed by atoms with Gasteiger partial charge in [-0.25, -0.2) is 4.79 Å². The number of hydrogen-bond acceptors (Lipinski definition) is 3. The number of esters is 1. The van der Waals surface area contributed by atoms with Gasteiger partial charge in [0.1, 0.15) is 0 Å². The smallest absolute Gasteiger partial charge is 0.336 e. The number of amides is 1.